The number of halogens is 2. The summed E-state index contributed by atoms with van der Waals surface area (Å²) in [6, 6.07) is 10.7. The molecule has 7 rings (SSSR count). The molecule has 1 aliphatic carbocycles. The first kappa shape index (κ1) is 37.1. The molecule has 1 fully saturated rings. The summed E-state index contributed by atoms with van der Waals surface area (Å²) in [5, 5.41) is 15.8. The molecule has 1 saturated carbocycles. The van der Waals surface area contributed by atoms with Crippen LogP contribution in [0.4, 0.5) is 11.4 Å². The average Bonchev–Trinajstić information content (AvgIpc) is 3.67. The van der Waals surface area contributed by atoms with Crippen LogP contribution < -0.4 is 10.6 Å². The van der Waals surface area contributed by atoms with Crippen LogP contribution in [0.25, 0.3) is 11.1 Å². The van der Waals surface area contributed by atoms with E-state index in [0.717, 1.165) is 100 Å². The summed E-state index contributed by atoms with van der Waals surface area (Å²) in [6.45, 7) is 7.18. The molecule has 4 aromatic rings. The van der Waals surface area contributed by atoms with Gasteiger partial charge in [-0.05, 0) is 63.2 Å². The Hall–Kier alpha value is -4.23. The van der Waals surface area contributed by atoms with Gasteiger partial charge in [0.2, 0.25) is 0 Å². The summed E-state index contributed by atoms with van der Waals surface area (Å²) in [5.74, 6) is -0.385. The van der Waals surface area contributed by atoms with E-state index in [1.807, 2.05) is 35.4 Å². The first-order valence-electron chi connectivity index (χ1n) is 18.5. The van der Waals surface area contributed by atoms with Gasteiger partial charge in [-0.25, -0.2) is 9.97 Å². The molecular formula is C39H46Cl2N8O4. The molecule has 0 unspecified atom stereocenters. The number of hydrogen-bond donors (Lipinski definition) is 3. The van der Waals surface area contributed by atoms with E-state index in [2.05, 4.69) is 32.3 Å². The average molecular weight is 762 g/mol. The summed E-state index contributed by atoms with van der Waals surface area (Å²) in [6.07, 6.45) is 6.13. The highest BCUT2D eigenvalue weighted by Gasteiger charge is 2.30. The van der Waals surface area contributed by atoms with Crippen molar-refractivity contribution in [2.24, 2.45) is 25.9 Å². The first-order valence-corrected chi connectivity index (χ1v) is 19.2. The van der Waals surface area contributed by atoms with Crippen LogP contribution in [-0.4, -0.2) is 78.0 Å². The number of likely N-dealkylation sites (N-methyl/N-ethyl adjacent to an activating group) is 1. The van der Waals surface area contributed by atoms with E-state index < -0.39 is 5.97 Å². The van der Waals surface area contributed by atoms with Crippen LogP contribution in [-0.2, 0) is 44.8 Å². The number of carboxylic acid groups (broad SMARTS) is 1. The zero-order valence-corrected chi connectivity index (χ0v) is 31.9. The summed E-state index contributed by atoms with van der Waals surface area (Å²) >= 11 is 13.9. The number of hydrogen-bond acceptors (Lipinski definition) is 7. The second-order valence-corrected chi connectivity index (χ2v) is 15.3. The lowest BCUT2D eigenvalue weighted by Gasteiger charge is -2.30. The lowest BCUT2D eigenvalue weighted by molar-refractivity contribution is -0.143. The number of nitrogens with one attached hydrogen (secondary N) is 2. The zero-order chi connectivity index (χ0) is 37.4. The molecule has 2 aliphatic heterocycles. The number of amides is 2. The van der Waals surface area contributed by atoms with E-state index in [9.17, 15) is 19.5 Å². The molecule has 280 valence electrons. The van der Waals surface area contributed by atoms with Crippen molar-refractivity contribution in [3.05, 3.63) is 80.9 Å². The second kappa shape index (κ2) is 15.6. The molecule has 0 atom stereocenters. The van der Waals surface area contributed by atoms with Gasteiger partial charge < -0.3 is 24.9 Å². The van der Waals surface area contributed by atoms with Gasteiger partial charge in [-0.15, -0.1) is 0 Å². The van der Waals surface area contributed by atoms with Gasteiger partial charge in [0, 0.05) is 75.6 Å². The molecule has 0 spiro atoms. The second-order valence-electron chi connectivity index (χ2n) is 14.5. The van der Waals surface area contributed by atoms with Gasteiger partial charge in [0.1, 0.15) is 0 Å². The Labute approximate surface area is 319 Å². The predicted molar refractivity (Wildman–Crippen MR) is 206 cm³/mol. The maximum Gasteiger partial charge on any atom is 0.306 e. The fraction of sp³-hybridized carbons (Fsp3) is 0.462. The van der Waals surface area contributed by atoms with Crippen LogP contribution in [0, 0.1) is 11.8 Å². The van der Waals surface area contributed by atoms with E-state index in [1.54, 1.807) is 24.3 Å². The molecular weight excluding hydrogens is 715 g/mol. The van der Waals surface area contributed by atoms with Gasteiger partial charge in [0.15, 0.2) is 11.6 Å². The van der Waals surface area contributed by atoms with Crippen LogP contribution in [0.2, 0.25) is 10.0 Å². The number of carbonyl (C=O) groups excluding carboxylic acids is 2. The molecule has 12 nitrogen and oxygen atoms in total. The van der Waals surface area contributed by atoms with Crippen molar-refractivity contribution in [2.45, 2.75) is 65.0 Å². The van der Waals surface area contributed by atoms with Gasteiger partial charge in [-0.1, -0.05) is 54.4 Å². The summed E-state index contributed by atoms with van der Waals surface area (Å²) < 4.78 is 3.73. The molecule has 2 amide bonds. The van der Waals surface area contributed by atoms with Crippen molar-refractivity contribution >= 4 is 52.4 Å². The minimum Gasteiger partial charge on any atom is -0.481 e. The summed E-state index contributed by atoms with van der Waals surface area (Å²) in [4.78, 5) is 52.6. The van der Waals surface area contributed by atoms with E-state index in [0.29, 0.717) is 56.7 Å². The number of carboxylic acids is 1. The molecule has 53 heavy (non-hydrogen) atoms. The predicted octanol–water partition coefficient (Wildman–Crippen LogP) is 6.65. The van der Waals surface area contributed by atoms with Gasteiger partial charge >= 0.3 is 5.97 Å². The summed E-state index contributed by atoms with van der Waals surface area (Å²) in [5.41, 5.74) is 5.99. The molecule has 3 aliphatic rings. The Morgan fingerprint density at radius 3 is 1.75 bits per heavy atom. The Kier molecular flexibility index (Phi) is 10.9. The first-order chi connectivity index (χ1) is 25.5. The minimum atomic E-state index is -0.670. The molecule has 14 heteroatoms. The number of rotatable bonds is 10. The van der Waals surface area contributed by atoms with Crippen molar-refractivity contribution in [1.29, 1.82) is 0 Å². The lowest BCUT2D eigenvalue weighted by Crippen LogP contribution is -2.33. The molecule has 4 heterocycles. The fourth-order valence-electron chi connectivity index (χ4n) is 8.12. The third-order valence-electron chi connectivity index (χ3n) is 11.4. The number of benzene rings is 2. The van der Waals surface area contributed by atoms with Gasteiger partial charge in [-0.3, -0.25) is 24.2 Å². The number of fused-ring (bicyclic) bond motifs is 2. The monoisotopic (exact) mass is 760 g/mol. The number of imidazole rings is 2. The molecule has 3 N–H and O–H groups in total. The van der Waals surface area contributed by atoms with Crippen molar-refractivity contribution in [3.63, 3.8) is 0 Å². The number of anilines is 2. The third-order valence-corrected chi connectivity index (χ3v) is 12.2. The zero-order valence-electron chi connectivity index (χ0n) is 30.4. The molecule has 0 saturated heterocycles. The number of nitrogens with zero attached hydrogens (tertiary/aromatic N) is 6. The molecule has 0 radical (unpaired) electrons. The van der Waals surface area contributed by atoms with Gasteiger partial charge in [0.05, 0.1) is 38.7 Å². The van der Waals surface area contributed by atoms with E-state index in [4.69, 9.17) is 28.2 Å². The van der Waals surface area contributed by atoms with Crippen LogP contribution in [0.3, 0.4) is 0 Å². The number of aliphatic carboxylic acids is 1. The van der Waals surface area contributed by atoms with E-state index >= 15 is 0 Å². The maximum atomic E-state index is 13.7. The normalized spacial score (nSPS) is 19.0. The Balaban J connectivity index is 1.02. The lowest BCUT2D eigenvalue weighted by atomic mass is 9.80. The van der Waals surface area contributed by atoms with Gasteiger partial charge in [0.25, 0.3) is 11.8 Å². The van der Waals surface area contributed by atoms with Crippen molar-refractivity contribution in [2.75, 3.05) is 36.8 Å². The molecule has 2 aromatic heterocycles. The van der Waals surface area contributed by atoms with Crippen molar-refractivity contribution < 1.29 is 19.5 Å². The minimum absolute atomic E-state index is 0.196. The van der Waals surface area contributed by atoms with Crippen LogP contribution in [0.1, 0.15) is 83.0 Å². The van der Waals surface area contributed by atoms with E-state index in [1.165, 1.54) is 0 Å². The number of aromatic nitrogens is 4. The highest BCUT2D eigenvalue weighted by molar-refractivity contribution is 6.40. The fourth-order valence-corrected chi connectivity index (χ4v) is 8.67. The Morgan fingerprint density at radius 1 is 0.774 bits per heavy atom. The topological polar surface area (TPSA) is 138 Å². The van der Waals surface area contributed by atoms with Gasteiger partial charge in [-0.2, -0.15) is 0 Å². The largest absolute Gasteiger partial charge is 0.481 e. The summed E-state index contributed by atoms with van der Waals surface area (Å²) in [7, 11) is 3.74. The highest BCUT2D eigenvalue weighted by atomic mass is 35.5. The van der Waals surface area contributed by atoms with Crippen LogP contribution >= 0.6 is 23.2 Å². The van der Waals surface area contributed by atoms with Crippen molar-refractivity contribution in [3.8, 4) is 11.1 Å². The Morgan fingerprint density at radius 2 is 1.26 bits per heavy atom. The van der Waals surface area contributed by atoms with Crippen LogP contribution in [0.5, 0.6) is 0 Å². The SMILES string of the molecule is CCN1CCc2c(nc(C(=O)Nc3cccc(-c4cccc(NC(=O)c5nc6c(n5C)CCN(CCC5CCC(C(=O)O)CC5)C6)c4Cl)c3Cl)n2C)C1. The van der Waals surface area contributed by atoms with Crippen molar-refractivity contribution in [1.82, 2.24) is 28.9 Å². The third kappa shape index (κ3) is 7.60. The number of carbonyl (C=O) groups is 3. The highest BCUT2D eigenvalue weighted by Crippen LogP contribution is 2.40. The molecule has 0 bridgehead atoms. The Bertz CT molecular complexity index is 2050. The standard InChI is InChI=1S/C39H46Cl2N8O4/c1-4-48-19-16-31-29(21-48)42-35(46(31)2)37(50)44-27-9-5-7-25(33(27)40)26-8-6-10-28(34(26)41)45-38(51)36-43-30-22-49(20-17-32(30)47(36)3)18-15-23-11-13-24(14-12-23)39(52)53/h5-10,23-24H,4,11-22H2,1-3H3,(H,44,50)(H,45,51)(H,52,53). The smallest absolute Gasteiger partial charge is 0.306 e. The molecule has 2 aromatic carbocycles. The van der Waals surface area contributed by atoms with Crippen LogP contribution in [0.15, 0.2) is 36.4 Å². The van der Waals surface area contributed by atoms with E-state index in [-0.39, 0.29) is 17.7 Å². The quantitative estimate of drug-likeness (QED) is 0.164. The maximum absolute atomic E-state index is 13.7.